The lowest BCUT2D eigenvalue weighted by Crippen LogP contribution is -2.28. The van der Waals surface area contributed by atoms with Crippen LogP contribution in [-0.2, 0) is 23.0 Å². The molecule has 7 heteroatoms. The summed E-state index contributed by atoms with van der Waals surface area (Å²) in [7, 11) is -3.64. The number of rotatable bonds is 8. The van der Waals surface area contributed by atoms with Gasteiger partial charge in [0.05, 0.1) is 14.9 Å². The molecule has 0 saturated carbocycles. The maximum Gasteiger partial charge on any atom is 0.240 e. The summed E-state index contributed by atoms with van der Waals surface area (Å²) in [6.45, 7) is 4.75. The number of sulfonamides is 1. The molecule has 0 aromatic heterocycles. The first kappa shape index (κ1) is 24.2. The molecule has 0 bridgehead atoms. The second kappa shape index (κ2) is 10.6. The second-order valence-electron chi connectivity index (χ2n) is 8.57. The Bertz CT molecular complexity index is 1200. The summed E-state index contributed by atoms with van der Waals surface area (Å²) in [5, 5.41) is 0.836. The second-order valence-corrected chi connectivity index (χ2v) is 11.2. The standard InChI is InChI=1S/C26H28Cl2N2O2S/c1-19-3-2-15-30(19)16-14-20-4-7-22(8-5-20)23-9-11-24(12-10-23)33(31,32)29-18-21-6-13-25(27)26(28)17-21/h4-13,17,19,29H,2-3,14-16,18H2,1H3/t19-/m1/s1. The van der Waals surface area contributed by atoms with E-state index in [-0.39, 0.29) is 11.4 Å². The van der Waals surface area contributed by atoms with Crippen LogP contribution in [0.25, 0.3) is 11.1 Å². The predicted molar refractivity (Wildman–Crippen MR) is 136 cm³/mol. The smallest absolute Gasteiger partial charge is 0.240 e. The van der Waals surface area contributed by atoms with Gasteiger partial charge in [0, 0.05) is 19.1 Å². The van der Waals surface area contributed by atoms with Crippen molar-refractivity contribution in [1.29, 1.82) is 0 Å². The molecule has 4 rings (SSSR count). The Labute approximate surface area is 206 Å². The molecule has 0 amide bonds. The van der Waals surface area contributed by atoms with Gasteiger partial charge < -0.3 is 4.90 Å². The van der Waals surface area contributed by atoms with Gasteiger partial charge in [-0.1, -0.05) is 65.7 Å². The summed E-state index contributed by atoms with van der Waals surface area (Å²) in [5.74, 6) is 0. The Kier molecular flexibility index (Phi) is 7.77. The largest absolute Gasteiger partial charge is 0.300 e. The van der Waals surface area contributed by atoms with Crippen molar-refractivity contribution >= 4 is 33.2 Å². The highest BCUT2D eigenvalue weighted by molar-refractivity contribution is 7.89. The molecule has 4 nitrogen and oxygen atoms in total. The minimum atomic E-state index is -3.64. The van der Waals surface area contributed by atoms with E-state index in [1.165, 1.54) is 24.9 Å². The van der Waals surface area contributed by atoms with Gasteiger partial charge in [-0.2, -0.15) is 0 Å². The van der Waals surface area contributed by atoms with E-state index in [1.54, 1.807) is 30.3 Å². The summed E-state index contributed by atoms with van der Waals surface area (Å²) in [5.41, 5.74) is 4.12. The summed E-state index contributed by atoms with van der Waals surface area (Å²) in [6, 6.07) is 21.2. The quantitative estimate of drug-likeness (QED) is 0.400. The molecular weight excluding hydrogens is 475 g/mol. The molecule has 33 heavy (non-hydrogen) atoms. The fourth-order valence-corrected chi connectivity index (χ4v) is 5.54. The Morgan fingerprint density at radius 1 is 0.909 bits per heavy atom. The first-order valence-corrected chi connectivity index (χ1v) is 13.4. The topological polar surface area (TPSA) is 49.4 Å². The normalized spacial score (nSPS) is 16.9. The molecule has 0 aliphatic carbocycles. The van der Waals surface area contributed by atoms with E-state index in [2.05, 4.69) is 40.8 Å². The van der Waals surface area contributed by atoms with Gasteiger partial charge in [-0.15, -0.1) is 0 Å². The monoisotopic (exact) mass is 502 g/mol. The average molecular weight is 503 g/mol. The van der Waals surface area contributed by atoms with E-state index in [4.69, 9.17) is 23.2 Å². The van der Waals surface area contributed by atoms with Gasteiger partial charge in [0.1, 0.15) is 0 Å². The van der Waals surface area contributed by atoms with Gasteiger partial charge >= 0.3 is 0 Å². The third-order valence-corrected chi connectivity index (χ3v) is 8.44. The fourth-order valence-electron chi connectivity index (χ4n) is 4.20. The number of likely N-dealkylation sites (tertiary alicyclic amines) is 1. The molecule has 3 aromatic carbocycles. The molecule has 1 saturated heterocycles. The van der Waals surface area contributed by atoms with E-state index < -0.39 is 10.0 Å². The average Bonchev–Trinajstić information content (AvgIpc) is 3.23. The summed E-state index contributed by atoms with van der Waals surface area (Å²) in [6.07, 6.45) is 3.65. The van der Waals surface area contributed by atoms with Crippen LogP contribution in [-0.4, -0.2) is 32.4 Å². The van der Waals surface area contributed by atoms with Crippen molar-refractivity contribution in [3.05, 3.63) is 87.9 Å². The van der Waals surface area contributed by atoms with Gasteiger partial charge in [0.2, 0.25) is 10.0 Å². The molecule has 1 N–H and O–H groups in total. The summed E-state index contributed by atoms with van der Waals surface area (Å²) in [4.78, 5) is 2.78. The highest BCUT2D eigenvalue weighted by Gasteiger charge is 2.19. The van der Waals surface area contributed by atoms with Crippen LogP contribution in [0, 0.1) is 0 Å². The van der Waals surface area contributed by atoms with Crippen LogP contribution in [0.15, 0.2) is 71.6 Å². The van der Waals surface area contributed by atoms with Gasteiger partial charge in [0.25, 0.3) is 0 Å². The summed E-state index contributed by atoms with van der Waals surface area (Å²) < 4.78 is 28.0. The van der Waals surface area contributed by atoms with Crippen molar-refractivity contribution in [3.8, 4) is 11.1 Å². The molecule has 1 heterocycles. The SMILES string of the molecule is C[C@@H]1CCCN1CCc1ccc(-c2ccc(S(=O)(=O)NCc3ccc(Cl)c(Cl)c3)cc2)cc1. The molecule has 1 atom stereocenters. The third-order valence-electron chi connectivity index (χ3n) is 6.28. The van der Waals surface area contributed by atoms with Crippen molar-refractivity contribution in [3.63, 3.8) is 0 Å². The van der Waals surface area contributed by atoms with Crippen molar-refractivity contribution in [2.75, 3.05) is 13.1 Å². The lowest BCUT2D eigenvalue weighted by atomic mass is 10.0. The Morgan fingerprint density at radius 3 is 2.15 bits per heavy atom. The molecule has 174 valence electrons. The third kappa shape index (κ3) is 6.17. The molecule has 0 radical (unpaired) electrons. The maximum atomic E-state index is 12.7. The molecule has 1 aliphatic rings. The number of hydrogen-bond donors (Lipinski definition) is 1. The van der Waals surface area contributed by atoms with Crippen molar-refractivity contribution in [1.82, 2.24) is 9.62 Å². The zero-order chi connectivity index (χ0) is 23.4. The Hall–Kier alpha value is -1.89. The number of halogens is 2. The van der Waals surface area contributed by atoms with Crippen LogP contribution < -0.4 is 4.72 Å². The van der Waals surface area contributed by atoms with E-state index in [0.717, 1.165) is 29.7 Å². The molecule has 0 spiro atoms. The van der Waals surface area contributed by atoms with Crippen molar-refractivity contribution in [2.24, 2.45) is 0 Å². The highest BCUT2D eigenvalue weighted by Crippen LogP contribution is 2.24. The number of benzene rings is 3. The molecule has 3 aromatic rings. The fraction of sp³-hybridized carbons (Fsp3) is 0.308. The van der Waals surface area contributed by atoms with Crippen molar-refractivity contribution in [2.45, 2.75) is 43.7 Å². The van der Waals surface area contributed by atoms with Gasteiger partial charge in [-0.25, -0.2) is 13.1 Å². The predicted octanol–water partition coefficient (Wildman–Crippen LogP) is 6.17. The number of hydrogen-bond acceptors (Lipinski definition) is 3. The maximum absolute atomic E-state index is 12.7. The minimum absolute atomic E-state index is 0.138. The molecule has 1 aliphatic heterocycles. The van der Waals surface area contributed by atoms with Gasteiger partial charge in [-0.3, -0.25) is 0 Å². The van der Waals surface area contributed by atoms with Crippen LogP contribution in [0.3, 0.4) is 0 Å². The zero-order valence-electron chi connectivity index (χ0n) is 18.6. The lowest BCUT2D eigenvalue weighted by Gasteiger charge is -2.20. The minimum Gasteiger partial charge on any atom is -0.300 e. The van der Waals surface area contributed by atoms with E-state index in [9.17, 15) is 8.42 Å². The summed E-state index contributed by atoms with van der Waals surface area (Å²) >= 11 is 11.9. The Balaban J connectivity index is 1.37. The van der Waals surface area contributed by atoms with Crippen LogP contribution >= 0.6 is 23.2 Å². The van der Waals surface area contributed by atoms with Crippen LogP contribution in [0.5, 0.6) is 0 Å². The van der Waals surface area contributed by atoms with Gasteiger partial charge in [0.15, 0.2) is 0 Å². The first-order valence-electron chi connectivity index (χ1n) is 11.2. The molecule has 0 unspecified atom stereocenters. The van der Waals surface area contributed by atoms with Crippen LogP contribution in [0.4, 0.5) is 0 Å². The molecule has 1 fully saturated rings. The van der Waals surface area contributed by atoms with Crippen LogP contribution in [0.2, 0.25) is 10.0 Å². The van der Waals surface area contributed by atoms with Gasteiger partial charge in [-0.05, 0) is 79.3 Å². The molecular formula is C26H28Cl2N2O2S. The van der Waals surface area contributed by atoms with Crippen LogP contribution in [0.1, 0.15) is 30.9 Å². The van der Waals surface area contributed by atoms with Crippen molar-refractivity contribution < 1.29 is 8.42 Å². The van der Waals surface area contributed by atoms with E-state index in [0.29, 0.717) is 16.1 Å². The highest BCUT2D eigenvalue weighted by atomic mass is 35.5. The first-order chi connectivity index (χ1) is 15.8. The van der Waals surface area contributed by atoms with E-state index in [1.807, 2.05) is 12.1 Å². The number of nitrogens with zero attached hydrogens (tertiary/aromatic N) is 1. The lowest BCUT2D eigenvalue weighted by molar-refractivity contribution is 0.272. The Morgan fingerprint density at radius 2 is 1.55 bits per heavy atom. The van der Waals surface area contributed by atoms with E-state index >= 15 is 0 Å². The number of nitrogens with one attached hydrogen (secondary N) is 1. The zero-order valence-corrected chi connectivity index (χ0v) is 20.9.